The van der Waals surface area contributed by atoms with Gasteiger partial charge in [0.15, 0.2) is 0 Å². The SMILES string of the molecule is COc1ccc(NC(=O)c2c(C)nsc2Cc2cnc3ccc(F)cc3n2)cn1. The van der Waals surface area contributed by atoms with E-state index >= 15 is 0 Å². The van der Waals surface area contributed by atoms with Gasteiger partial charge in [0.2, 0.25) is 5.88 Å². The van der Waals surface area contributed by atoms with Gasteiger partial charge in [0.1, 0.15) is 5.82 Å². The first-order valence-electron chi connectivity index (χ1n) is 8.71. The maximum absolute atomic E-state index is 13.5. The van der Waals surface area contributed by atoms with Crippen LogP contribution in [0.25, 0.3) is 11.0 Å². The van der Waals surface area contributed by atoms with Crippen molar-refractivity contribution in [2.24, 2.45) is 0 Å². The molecule has 7 nitrogen and oxygen atoms in total. The molecule has 3 heterocycles. The first-order chi connectivity index (χ1) is 14.0. The third-order valence-corrected chi connectivity index (χ3v) is 5.19. The number of nitrogens with zero attached hydrogens (tertiary/aromatic N) is 4. The van der Waals surface area contributed by atoms with Gasteiger partial charge in [-0.05, 0) is 36.7 Å². The number of amides is 1. The summed E-state index contributed by atoms with van der Waals surface area (Å²) in [5.74, 6) is -0.188. The molecule has 0 atom stereocenters. The number of aromatic nitrogens is 4. The van der Waals surface area contributed by atoms with Gasteiger partial charge in [-0.1, -0.05) is 0 Å². The maximum atomic E-state index is 13.5. The number of nitrogens with one attached hydrogen (secondary N) is 1. The van der Waals surface area contributed by atoms with Crippen LogP contribution in [0.2, 0.25) is 0 Å². The summed E-state index contributed by atoms with van der Waals surface area (Å²) in [5, 5.41) is 2.82. The van der Waals surface area contributed by atoms with Gasteiger partial charge in [-0.15, -0.1) is 0 Å². The maximum Gasteiger partial charge on any atom is 0.258 e. The number of anilines is 1. The Morgan fingerprint density at radius 2 is 2.03 bits per heavy atom. The number of halogens is 1. The van der Waals surface area contributed by atoms with E-state index in [1.54, 1.807) is 31.3 Å². The van der Waals surface area contributed by atoms with E-state index in [4.69, 9.17) is 4.74 Å². The topological polar surface area (TPSA) is 89.9 Å². The van der Waals surface area contributed by atoms with E-state index in [2.05, 4.69) is 24.6 Å². The van der Waals surface area contributed by atoms with Gasteiger partial charge in [0.25, 0.3) is 5.91 Å². The Bertz CT molecular complexity index is 1190. The molecule has 4 rings (SSSR count). The lowest BCUT2D eigenvalue weighted by Gasteiger charge is -2.07. The van der Waals surface area contributed by atoms with Crippen molar-refractivity contribution in [1.29, 1.82) is 0 Å². The number of aryl methyl sites for hydroxylation is 1. The molecule has 0 spiro atoms. The summed E-state index contributed by atoms with van der Waals surface area (Å²) in [6.07, 6.45) is 3.52. The zero-order valence-electron chi connectivity index (χ0n) is 15.6. The molecule has 0 aliphatic carbocycles. The van der Waals surface area contributed by atoms with Crippen LogP contribution in [0.5, 0.6) is 5.88 Å². The highest BCUT2D eigenvalue weighted by Gasteiger charge is 2.19. The molecule has 1 N–H and O–H groups in total. The first-order valence-corrected chi connectivity index (χ1v) is 9.48. The van der Waals surface area contributed by atoms with Crippen LogP contribution in [-0.4, -0.2) is 32.3 Å². The molecule has 1 amide bonds. The third-order valence-electron chi connectivity index (χ3n) is 4.26. The molecule has 0 radical (unpaired) electrons. The normalized spacial score (nSPS) is 10.9. The second kappa shape index (κ2) is 7.88. The highest BCUT2D eigenvalue weighted by Crippen LogP contribution is 2.24. The van der Waals surface area contributed by atoms with E-state index < -0.39 is 0 Å². The van der Waals surface area contributed by atoms with Crippen LogP contribution in [0.15, 0.2) is 42.7 Å². The van der Waals surface area contributed by atoms with Crippen LogP contribution >= 0.6 is 11.5 Å². The fourth-order valence-corrected chi connectivity index (χ4v) is 3.75. The van der Waals surface area contributed by atoms with Gasteiger partial charge in [-0.2, -0.15) is 4.37 Å². The number of benzene rings is 1. The average molecular weight is 409 g/mol. The predicted molar refractivity (Wildman–Crippen MR) is 108 cm³/mol. The van der Waals surface area contributed by atoms with Gasteiger partial charge in [0.05, 0.1) is 47.0 Å². The van der Waals surface area contributed by atoms with Crippen molar-refractivity contribution >= 4 is 34.2 Å². The van der Waals surface area contributed by atoms with Gasteiger partial charge < -0.3 is 10.1 Å². The molecule has 0 fully saturated rings. The number of carbonyl (C=O) groups is 1. The number of hydrogen-bond donors (Lipinski definition) is 1. The van der Waals surface area contributed by atoms with Crippen molar-refractivity contribution in [2.45, 2.75) is 13.3 Å². The van der Waals surface area contributed by atoms with Crippen LogP contribution in [-0.2, 0) is 6.42 Å². The molecular weight excluding hydrogens is 393 g/mol. The van der Waals surface area contributed by atoms with Gasteiger partial charge >= 0.3 is 0 Å². The number of methoxy groups -OCH3 is 1. The van der Waals surface area contributed by atoms with Crippen molar-refractivity contribution in [1.82, 2.24) is 19.3 Å². The van der Waals surface area contributed by atoms with Crippen molar-refractivity contribution in [3.63, 3.8) is 0 Å². The van der Waals surface area contributed by atoms with Crippen LogP contribution in [0.1, 0.15) is 26.6 Å². The Hall–Kier alpha value is -3.46. The van der Waals surface area contributed by atoms with Crippen molar-refractivity contribution in [2.75, 3.05) is 12.4 Å². The van der Waals surface area contributed by atoms with Gasteiger partial charge in [-0.3, -0.25) is 9.78 Å². The highest BCUT2D eigenvalue weighted by atomic mass is 32.1. The number of fused-ring (bicyclic) bond motifs is 1. The summed E-state index contributed by atoms with van der Waals surface area (Å²) < 4.78 is 22.8. The number of hydrogen-bond acceptors (Lipinski definition) is 7. The van der Waals surface area contributed by atoms with E-state index in [0.29, 0.717) is 46.0 Å². The average Bonchev–Trinajstić information content (AvgIpc) is 3.08. The molecule has 3 aromatic heterocycles. The zero-order chi connectivity index (χ0) is 20.4. The van der Waals surface area contributed by atoms with E-state index in [9.17, 15) is 9.18 Å². The van der Waals surface area contributed by atoms with Gasteiger partial charge in [-0.25, -0.2) is 14.4 Å². The third kappa shape index (κ3) is 4.04. The Kier molecular flexibility index (Phi) is 5.13. The molecule has 0 aliphatic heterocycles. The Morgan fingerprint density at radius 3 is 2.79 bits per heavy atom. The van der Waals surface area contributed by atoms with E-state index in [1.807, 2.05) is 0 Å². The lowest BCUT2D eigenvalue weighted by Crippen LogP contribution is -2.14. The minimum absolute atomic E-state index is 0.280. The van der Waals surface area contributed by atoms with Gasteiger partial charge in [0, 0.05) is 29.6 Å². The second-order valence-corrected chi connectivity index (χ2v) is 7.14. The zero-order valence-corrected chi connectivity index (χ0v) is 16.5. The minimum atomic E-state index is -0.370. The smallest absolute Gasteiger partial charge is 0.258 e. The lowest BCUT2D eigenvalue weighted by molar-refractivity contribution is 0.102. The van der Waals surface area contributed by atoms with E-state index in [-0.39, 0.29) is 11.7 Å². The summed E-state index contributed by atoms with van der Waals surface area (Å²) in [7, 11) is 1.53. The summed E-state index contributed by atoms with van der Waals surface area (Å²) in [6.45, 7) is 1.78. The second-order valence-electron chi connectivity index (χ2n) is 6.28. The number of carbonyl (C=O) groups excluding carboxylic acids is 1. The molecule has 0 saturated heterocycles. The van der Waals surface area contributed by atoms with Crippen LogP contribution in [0, 0.1) is 12.7 Å². The fourth-order valence-electron chi connectivity index (χ4n) is 2.87. The Balaban J connectivity index is 1.58. The largest absolute Gasteiger partial charge is 0.481 e. The monoisotopic (exact) mass is 409 g/mol. The summed E-state index contributed by atoms with van der Waals surface area (Å²) in [6, 6.07) is 7.65. The summed E-state index contributed by atoms with van der Waals surface area (Å²) >= 11 is 1.24. The molecule has 1 aromatic carbocycles. The fraction of sp³-hybridized carbons (Fsp3) is 0.150. The van der Waals surface area contributed by atoms with E-state index in [0.717, 1.165) is 4.88 Å². The van der Waals surface area contributed by atoms with Crippen molar-refractivity contribution < 1.29 is 13.9 Å². The van der Waals surface area contributed by atoms with Crippen molar-refractivity contribution in [3.05, 3.63) is 70.4 Å². The molecule has 0 saturated carbocycles. The Labute approximate surface area is 169 Å². The summed E-state index contributed by atoms with van der Waals surface area (Å²) in [4.78, 5) is 26.4. The standard InChI is InChI=1S/C20H16FN5O2S/c1-11-19(20(27)25-13-4-6-18(28-2)23-9-13)17(29-26-11)8-14-10-22-15-5-3-12(21)7-16(15)24-14/h3-7,9-10H,8H2,1-2H3,(H,25,27). The lowest BCUT2D eigenvalue weighted by atomic mass is 10.1. The molecule has 146 valence electrons. The van der Waals surface area contributed by atoms with Crippen LogP contribution in [0.4, 0.5) is 10.1 Å². The molecule has 0 aliphatic rings. The first kappa shape index (κ1) is 18.9. The van der Waals surface area contributed by atoms with Crippen LogP contribution < -0.4 is 10.1 Å². The van der Waals surface area contributed by atoms with Crippen molar-refractivity contribution in [3.8, 4) is 5.88 Å². The summed E-state index contributed by atoms with van der Waals surface area (Å²) in [5.41, 5.74) is 3.38. The number of rotatable bonds is 5. The molecule has 29 heavy (non-hydrogen) atoms. The van der Waals surface area contributed by atoms with E-state index in [1.165, 1.54) is 37.0 Å². The molecule has 0 unspecified atom stereocenters. The molecule has 0 bridgehead atoms. The number of ether oxygens (including phenoxy) is 1. The minimum Gasteiger partial charge on any atom is -0.481 e. The highest BCUT2D eigenvalue weighted by molar-refractivity contribution is 7.06. The molecular formula is C20H16FN5O2S. The predicted octanol–water partition coefficient (Wildman–Crippen LogP) is 3.78. The Morgan fingerprint density at radius 1 is 1.17 bits per heavy atom. The molecule has 9 heteroatoms. The molecule has 4 aromatic rings. The quantitative estimate of drug-likeness (QED) is 0.540. The number of pyridine rings is 1. The van der Waals surface area contributed by atoms with Crippen LogP contribution in [0.3, 0.4) is 0 Å².